The molecule has 2 aliphatic heterocycles. The van der Waals surface area contributed by atoms with Gasteiger partial charge in [0.25, 0.3) is 5.91 Å². The maximum atomic E-state index is 13.0. The zero-order valence-corrected chi connectivity index (χ0v) is 35.1. The number of nitrogens with one attached hydrogen (secondary N) is 1. The van der Waals surface area contributed by atoms with Gasteiger partial charge in [-0.2, -0.15) is 10.4 Å². The monoisotopic (exact) mass is 834 g/mol. The Kier molecular flexibility index (Phi) is 11.4. The Hall–Kier alpha value is -6.39. The first-order valence-corrected chi connectivity index (χ1v) is 21.5. The average molecular weight is 835 g/mol. The quantitative estimate of drug-likeness (QED) is 0.155. The molecule has 0 radical (unpaired) electrons. The van der Waals surface area contributed by atoms with Crippen molar-refractivity contribution < 1.29 is 14.3 Å². The van der Waals surface area contributed by atoms with E-state index in [1.165, 1.54) is 5.69 Å². The fourth-order valence-electron chi connectivity index (χ4n) is 9.02. The fourth-order valence-corrected chi connectivity index (χ4v) is 9.24. The molecule has 3 aliphatic rings. The number of ether oxygens (including phenoxy) is 1. The van der Waals surface area contributed by atoms with E-state index in [1.54, 1.807) is 31.2 Å². The molecule has 2 amide bonds. The van der Waals surface area contributed by atoms with Gasteiger partial charge in [0.2, 0.25) is 5.91 Å². The lowest BCUT2D eigenvalue weighted by atomic mass is 9.92. The number of fused-ring (bicyclic) bond motifs is 2. The van der Waals surface area contributed by atoms with Gasteiger partial charge in [-0.3, -0.25) is 24.2 Å². The highest BCUT2D eigenvalue weighted by molar-refractivity contribution is 6.31. The van der Waals surface area contributed by atoms with E-state index in [-0.39, 0.29) is 24.0 Å². The number of halogens is 1. The van der Waals surface area contributed by atoms with Gasteiger partial charge >= 0.3 is 0 Å². The third-order valence-electron chi connectivity index (χ3n) is 12.5. The van der Waals surface area contributed by atoms with Crippen LogP contribution in [-0.2, 0) is 31.2 Å². The predicted octanol–water partition coefficient (Wildman–Crippen LogP) is 7.50. The van der Waals surface area contributed by atoms with Gasteiger partial charge in [0.1, 0.15) is 11.8 Å². The lowest BCUT2D eigenvalue weighted by Crippen LogP contribution is -2.40. The molecule has 0 atom stereocenters. The molecule has 1 N–H and O–H groups in total. The number of aromatic nitrogens is 6. The van der Waals surface area contributed by atoms with E-state index in [9.17, 15) is 9.59 Å². The summed E-state index contributed by atoms with van der Waals surface area (Å²) in [6.45, 7) is 4.64. The topological polar surface area (TPSA) is 155 Å². The molecule has 310 valence electrons. The number of amides is 2. The van der Waals surface area contributed by atoms with Crippen molar-refractivity contribution in [3.05, 3.63) is 112 Å². The van der Waals surface area contributed by atoms with Crippen LogP contribution >= 0.6 is 11.6 Å². The van der Waals surface area contributed by atoms with Crippen molar-refractivity contribution in [1.29, 1.82) is 5.26 Å². The molecular weight excluding hydrogens is 788 g/mol. The standard InChI is InChI=1S/C47H47ClN10O3/c1-29(59)58-21-18-44-40(28-58)46(55-56(44)2)38-5-3-4-31-23-43(51-27-39(31)38)33-6-8-35(50-26-33)22-30-16-19-57(20-17-30)45-15-14-42(53-54-45)47(60)52-34-9-12-36(13-10-34)61-37-11-7-32(25-49)41(48)24-37/h3-8,11,14-15,23-24,26-27,30,34,36H,9-10,12-13,16-22,28H2,1-2H3,(H,52,60). The maximum Gasteiger partial charge on any atom is 0.272 e. The Labute approximate surface area is 359 Å². The summed E-state index contributed by atoms with van der Waals surface area (Å²) in [5, 5.41) is 28.4. The predicted molar refractivity (Wildman–Crippen MR) is 233 cm³/mol. The van der Waals surface area contributed by atoms with Crippen molar-refractivity contribution in [3.8, 4) is 34.3 Å². The zero-order chi connectivity index (χ0) is 42.0. The summed E-state index contributed by atoms with van der Waals surface area (Å²) in [7, 11) is 1.98. The van der Waals surface area contributed by atoms with Gasteiger partial charge in [0.05, 0.1) is 28.1 Å². The summed E-state index contributed by atoms with van der Waals surface area (Å²) >= 11 is 6.16. The number of rotatable bonds is 9. The summed E-state index contributed by atoms with van der Waals surface area (Å²) in [5.41, 5.74) is 7.88. The minimum atomic E-state index is -0.215. The summed E-state index contributed by atoms with van der Waals surface area (Å²) in [4.78, 5) is 39.1. The molecule has 0 spiro atoms. The first-order chi connectivity index (χ1) is 29.7. The SMILES string of the molecule is CC(=O)N1CCc2c(c(-c3cccc4cc(-c5ccc(CC6CCN(c7ccc(C(=O)NC8CCC(Oc9ccc(C#N)c(Cl)c9)CC8)nn7)CC6)nc5)ncc34)nn2C)C1. The van der Waals surface area contributed by atoms with E-state index in [0.29, 0.717) is 41.0 Å². The first-order valence-electron chi connectivity index (χ1n) is 21.1. The lowest BCUT2D eigenvalue weighted by Gasteiger charge is -2.32. The molecule has 0 unspecified atom stereocenters. The summed E-state index contributed by atoms with van der Waals surface area (Å²) in [6, 6.07) is 23.5. The number of anilines is 1. The molecule has 2 fully saturated rings. The number of nitrogens with zero attached hydrogens (tertiary/aromatic N) is 9. The average Bonchev–Trinajstić information content (AvgIpc) is 3.62. The molecule has 1 saturated heterocycles. The van der Waals surface area contributed by atoms with Crippen LogP contribution in [0.2, 0.25) is 5.02 Å². The molecule has 6 heterocycles. The number of pyridine rings is 2. The second kappa shape index (κ2) is 17.3. The number of carbonyl (C=O) groups excluding carboxylic acids is 2. The number of benzene rings is 2. The van der Waals surface area contributed by atoms with E-state index in [1.807, 2.05) is 35.1 Å². The van der Waals surface area contributed by atoms with Gasteiger partial charge in [-0.1, -0.05) is 29.8 Å². The molecule has 61 heavy (non-hydrogen) atoms. The number of hydrogen-bond acceptors (Lipinski definition) is 10. The number of aryl methyl sites for hydroxylation is 1. The second-order valence-corrected chi connectivity index (χ2v) is 16.9. The van der Waals surface area contributed by atoms with E-state index in [2.05, 4.69) is 62.9 Å². The minimum Gasteiger partial charge on any atom is -0.490 e. The minimum absolute atomic E-state index is 0.0283. The summed E-state index contributed by atoms with van der Waals surface area (Å²) in [5.74, 6) is 1.81. The van der Waals surface area contributed by atoms with Gasteiger partial charge in [-0.15, -0.1) is 10.2 Å². The van der Waals surface area contributed by atoms with Crippen molar-refractivity contribution in [2.24, 2.45) is 13.0 Å². The van der Waals surface area contributed by atoms with Crippen LogP contribution in [0.15, 0.2) is 79.1 Å². The van der Waals surface area contributed by atoms with Gasteiger partial charge < -0.3 is 19.9 Å². The van der Waals surface area contributed by atoms with Crippen molar-refractivity contribution in [3.63, 3.8) is 0 Å². The molecule has 2 aromatic carbocycles. The smallest absolute Gasteiger partial charge is 0.272 e. The first kappa shape index (κ1) is 40.0. The molecule has 4 aromatic heterocycles. The van der Waals surface area contributed by atoms with Crippen LogP contribution in [0, 0.1) is 17.2 Å². The summed E-state index contributed by atoms with van der Waals surface area (Å²) in [6.07, 6.45) is 10.8. The van der Waals surface area contributed by atoms with E-state index in [0.717, 1.165) is 115 Å². The van der Waals surface area contributed by atoms with Crippen LogP contribution in [0.4, 0.5) is 5.82 Å². The molecule has 14 heteroatoms. The Morgan fingerprint density at radius 2 is 1.77 bits per heavy atom. The van der Waals surface area contributed by atoms with Crippen molar-refractivity contribution in [2.45, 2.75) is 77.0 Å². The number of piperidine rings is 1. The van der Waals surface area contributed by atoms with E-state index >= 15 is 0 Å². The third kappa shape index (κ3) is 8.63. The highest BCUT2D eigenvalue weighted by atomic mass is 35.5. The van der Waals surface area contributed by atoms with Crippen LogP contribution in [0.5, 0.6) is 5.75 Å². The van der Waals surface area contributed by atoms with Gasteiger partial charge in [0.15, 0.2) is 11.5 Å². The van der Waals surface area contributed by atoms with E-state index in [4.69, 9.17) is 36.7 Å². The van der Waals surface area contributed by atoms with Crippen LogP contribution in [0.1, 0.15) is 78.5 Å². The molecule has 1 saturated carbocycles. The maximum absolute atomic E-state index is 13.0. The zero-order valence-electron chi connectivity index (χ0n) is 34.4. The molecule has 6 aromatic rings. The Morgan fingerprint density at radius 3 is 2.49 bits per heavy atom. The number of carbonyl (C=O) groups is 2. The largest absolute Gasteiger partial charge is 0.490 e. The van der Waals surface area contributed by atoms with Crippen LogP contribution in [-0.4, -0.2) is 78.4 Å². The third-order valence-corrected chi connectivity index (χ3v) is 12.8. The van der Waals surface area contributed by atoms with Crippen LogP contribution in [0.3, 0.4) is 0 Å². The highest BCUT2D eigenvalue weighted by Gasteiger charge is 2.28. The van der Waals surface area contributed by atoms with E-state index < -0.39 is 0 Å². The van der Waals surface area contributed by atoms with Gasteiger partial charge in [-0.05, 0) is 98.7 Å². The van der Waals surface area contributed by atoms with Crippen molar-refractivity contribution in [2.75, 3.05) is 24.5 Å². The Bertz CT molecular complexity index is 2630. The van der Waals surface area contributed by atoms with Gasteiger partial charge in [0, 0.05) is 105 Å². The lowest BCUT2D eigenvalue weighted by molar-refractivity contribution is -0.129. The number of nitriles is 1. The Balaban J connectivity index is 0.753. The molecule has 1 aliphatic carbocycles. The molecule has 9 rings (SSSR count). The van der Waals surface area contributed by atoms with Crippen molar-refractivity contribution >= 4 is 40.0 Å². The number of hydrogen-bond donors (Lipinski definition) is 1. The molecule has 0 bridgehead atoms. The molecule has 13 nitrogen and oxygen atoms in total. The Morgan fingerprint density at radius 1 is 0.934 bits per heavy atom. The molecular formula is C47H47ClN10O3. The van der Waals surface area contributed by atoms with Crippen molar-refractivity contribution in [1.82, 2.24) is 40.2 Å². The normalized spacial score (nSPS) is 18.1. The summed E-state index contributed by atoms with van der Waals surface area (Å²) < 4.78 is 8.05. The van der Waals surface area contributed by atoms with Crippen LogP contribution in [0.25, 0.3) is 33.3 Å². The van der Waals surface area contributed by atoms with Gasteiger partial charge in [-0.25, -0.2) is 0 Å². The van der Waals surface area contributed by atoms with Crippen LogP contribution < -0.4 is 15.0 Å². The second-order valence-electron chi connectivity index (χ2n) is 16.5. The highest BCUT2D eigenvalue weighted by Crippen LogP contribution is 2.35. The fraction of sp³-hybridized carbons (Fsp3) is 0.362.